The van der Waals surface area contributed by atoms with Crippen molar-refractivity contribution in [3.8, 4) is 5.75 Å². The number of nitrogens with one attached hydrogen (secondary N) is 7. The Hall–Kier alpha value is -5.22. The molecule has 0 aliphatic carbocycles. The fourth-order valence-corrected chi connectivity index (χ4v) is 6.93. The van der Waals surface area contributed by atoms with Crippen molar-refractivity contribution in [2.75, 3.05) is 13.1 Å². The predicted octanol–water partition coefficient (Wildman–Crippen LogP) is 0.388. The van der Waals surface area contributed by atoms with Gasteiger partial charge in [0.2, 0.25) is 47.3 Å². The molecule has 322 valence electrons. The minimum Gasteiger partial charge on any atom is -0.508 e. The molecule has 3 rings (SSSR count). The van der Waals surface area contributed by atoms with E-state index in [-0.39, 0.29) is 24.6 Å². The maximum Gasteiger partial charge on any atom is 0.246 e. The highest BCUT2D eigenvalue weighted by atomic mass is 16.3. The fourth-order valence-electron chi connectivity index (χ4n) is 6.93. The molecule has 2 heterocycles. The molecule has 1 aromatic rings. The van der Waals surface area contributed by atoms with Crippen LogP contribution in [-0.4, -0.2) is 113 Å². The molecular weight excluding hydrogens is 748 g/mol. The highest BCUT2D eigenvalue weighted by molar-refractivity contribution is 5.98. The Morgan fingerprint density at radius 3 is 1.69 bits per heavy atom. The van der Waals surface area contributed by atoms with Gasteiger partial charge in [0.05, 0.1) is 6.54 Å². The second-order valence-electron chi connectivity index (χ2n) is 16.3. The van der Waals surface area contributed by atoms with Crippen molar-refractivity contribution in [2.24, 2.45) is 23.7 Å². The van der Waals surface area contributed by atoms with Crippen LogP contribution < -0.4 is 37.2 Å². The van der Waals surface area contributed by atoms with E-state index < -0.39 is 114 Å². The van der Waals surface area contributed by atoms with Crippen molar-refractivity contribution in [3.05, 3.63) is 29.8 Å². The van der Waals surface area contributed by atoms with Gasteiger partial charge in [0.25, 0.3) is 0 Å². The minimum absolute atomic E-state index is 0.00282. The highest BCUT2D eigenvalue weighted by Crippen LogP contribution is 2.21. The highest BCUT2D eigenvalue weighted by Gasteiger charge is 2.41. The van der Waals surface area contributed by atoms with Crippen LogP contribution in [0, 0.1) is 23.7 Å². The molecule has 58 heavy (non-hydrogen) atoms. The van der Waals surface area contributed by atoms with E-state index in [1.165, 1.54) is 24.0 Å². The average molecular weight is 813 g/mol. The molecule has 2 aliphatic heterocycles. The third-order valence-corrected chi connectivity index (χ3v) is 11.1. The van der Waals surface area contributed by atoms with Crippen LogP contribution in [0.4, 0.5) is 0 Å². The average Bonchev–Trinajstić information content (AvgIpc) is 3.68. The summed E-state index contributed by atoms with van der Waals surface area (Å²) in [5.41, 5.74) is 0.579. The zero-order valence-corrected chi connectivity index (χ0v) is 35.3. The predicted molar refractivity (Wildman–Crippen MR) is 215 cm³/mol. The largest absolute Gasteiger partial charge is 0.508 e. The molecule has 17 heteroatoms. The van der Waals surface area contributed by atoms with E-state index in [1.807, 2.05) is 13.8 Å². The number of benzene rings is 1. The Labute approximate surface area is 341 Å². The number of nitrogens with zero attached hydrogens (tertiary/aromatic N) is 1. The van der Waals surface area contributed by atoms with Gasteiger partial charge in [0.15, 0.2) is 0 Å². The van der Waals surface area contributed by atoms with Gasteiger partial charge in [-0.1, -0.05) is 80.4 Å². The lowest BCUT2D eigenvalue weighted by Crippen LogP contribution is -2.62. The topological polar surface area (TPSA) is 244 Å². The number of hydrogen-bond acceptors (Lipinski definition) is 9. The number of hydrogen-bond donors (Lipinski definition) is 8. The molecule has 8 N–H and O–H groups in total. The summed E-state index contributed by atoms with van der Waals surface area (Å²) in [7, 11) is 0. The van der Waals surface area contributed by atoms with Crippen LogP contribution in [0.2, 0.25) is 0 Å². The van der Waals surface area contributed by atoms with Gasteiger partial charge in [-0.2, -0.15) is 0 Å². The SMILES string of the molecule is CCC(C)C1NC(=O)C(C)NC(=O)C(C(C)CC)NC(=O)C(C(C)C)NC(=O)C(Cc2ccc(O)cc2)NC(=O)CNC(=O)C2CCCN2C(=O)C(C(C)C)NC1=O. The molecule has 8 amide bonds. The minimum atomic E-state index is -1.24. The Morgan fingerprint density at radius 2 is 1.14 bits per heavy atom. The van der Waals surface area contributed by atoms with Crippen molar-refractivity contribution < 1.29 is 43.5 Å². The van der Waals surface area contributed by atoms with E-state index in [1.54, 1.807) is 53.7 Å². The van der Waals surface area contributed by atoms with Gasteiger partial charge in [-0.15, -0.1) is 0 Å². The van der Waals surface area contributed by atoms with Gasteiger partial charge in [0.1, 0.15) is 48.0 Å². The number of carbonyl (C=O) groups is 8. The van der Waals surface area contributed by atoms with Crippen LogP contribution in [0.5, 0.6) is 5.75 Å². The maximum absolute atomic E-state index is 14.0. The Balaban J connectivity index is 2.05. The van der Waals surface area contributed by atoms with Gasteiger partial charge in [0, 0.05) is 13.0 Å². The van der Waals surface area contributed by atoms with E-state index >= 15 is 0 Å². The number of phenolic OH excluding ortho intramolecular Hbond substituents is 1. The number of amides is 8. The van der Waals surface area contributed by atoms with E-state index in [4.69, 9.17) is 0 Å². The monoisotopic (exact) mass is 812 g/mol. The standard InChI is InChI=1S/C41H64N8O9/c1-10-23(7)33-39(56)43-25(9)35(52)47-34(24(8)11-2)40(57)46-32(22(5)6)41(58)49-18-12-13-29(49)37(54)42-20-30(51)44-28(19-26-14-16-27(50)17-15-26)36(53)45-31(21(3)4)38(55)48-33/h14-17,21-25,28-29,31-34,50H,10-13,18-20H2,1-9H3,(H,42,54)(H,43,56)(H,44,51)(H,45,53)(H,46,57)(H,47,52)(H,48,55). The second kappa shape index (κ2) is 21.5. The number of phenols is 1. The second-order valence-corrected chi connectivity index (χ2v) is 16.3. The molecule has 0 bridgehead atoms. The molecule has 2 saturated heterocycles. The van der Waals surface area contributed by atoms with Gasteiger partial charge in [-0.05, 0) is 61.1 Å². The Bertz CT molecular complexity index is 1650. The lowest BCUT2D eigenvalue weighted by atomic mass is 9.95. The molecule has 9 unspecified atom stereocenters. The molecule has 0 saturated carbocycles. The maximum atomic E-state index is 14.0. The van der Waals surface area contributed by atoms with Gasteiger partial charge in [-0.3, -0.25) is 38.4 Å². The van der Waals surface area contributed by atoms with Crippen LogP contribution in [0.3, 0.4) is 0 Å². The first-order valence-corrected chi connectivity index (χ1v) is 20.5. The zero-order valence-electron chi connectivity index (χ0n) is 35.3. The quantitative estimate of drug-likeness (QED) is 0.181. The third kappa shape index (κ3) is 12.6. The first kappa shape index (κ1) is 47.2. The number of aromatic hydroxyl groups is 1. The van der Waals surface area contributed by atoms with E-state index in [2.05, 4.69) is 37.2 Å². The molecule has 0 aromatic heterocycles. The van der Waals surface area contributed by atoms with Crippen LogP contribution in [0.25, 0.3) is 0 Å². The summed E-state index contributed by atoms with van der Waals surface area (Å²) in [6.45, 7) is 15.3. The van der Waals surface area contributed by atoms with E-state index in [0.29, 0.717) is 31.2 Å². The van der Waals surface area contributed by atoms with E-state index in [9.17, 15) is 43.5 Å². The van der Waals surface area contributed by atoms with Crippen molar-refractivity contribution in [1.82, 2.24) is 42.1 Å². The molecule has 0 spiro atoms. The Kier molecular flexibility index (Phi) is 17.5. The molecule has 2 fully saturated rings. The molecule has 0 radical (unpaired) electrons. The van der Waals surface area contributed by atoms with Gasteiger partial charge < -0.3 is 47.2 Å². The van der Waals surface area contributed by atoms with Crippen LogP contribution in [0.1, 0.15) is 93.6 Å². The molecular formula is C41H64N8O9. The first-order chi connectivity index (χ1) is 27.3. The normalized spacial score (nSPS) is 27.6. The summed E-state index contributed by atoms with van der Waals surface area (Å²) < 4.78 is 0. The van der Waals surface area contributed by atoms with Crippen molar-refractivity contribution in [3.63, 3.8) is 0 Å². The summed E-state index contributed by atoms with van der Waals surface area (Å²) in [6.07, 6.45) is 1.74. The summed E-state index contributed by atoms with van der Waals surface area (Å²) in [5.74, 6) is -6.74. The molecule has 17 nitrogen and oxygen atoms in total. The first-order valence-electron chi connectivity index (χ1n) is 20.5. The lowest BCUT2D eigenvalue weighted by molar-refractivity contribution is -0.143. The summed E-state index contributed by atoms with van der Waals surface area (Å²) >= 11 is 0. The third-order valence-electron chi connectivity index (χ3n) is 11.1. The van der Waals surface area contributed by atoms with Crippen molar-refractivity contribution in [1.29, 1.82) is 0 Å². The van der Waals surface area contributed by atoms with E-state index in [0.717, 1.165) is 0 Å². The van der Waals surface area contributed by atoms with Crippen LogP contribution in [-0.2, 0) is 44.8 Å². The molecule has 9 atom stereocenters. The molecule has 2 aliphatic rings. The van der Waals surface area contributed by atoms with Gasteiger partial charge >= 0.3 is 0 Å². The molecule has 1 aromatic carbocycles. The van der Waals surface area contributed by atoms with Crippen LogP contribution >= 0.6 is 0 Å². The fraction of sp³-hybridized carbons (Fsp3) is 0.659. The van der Waals surface area contributed by atoms with Crippen molar-refractivity contribution >= 4 is 47.3 Å². The van der Waals surface area contributed by atoms with Gasteiger partial charge in [-0.25, -0.2) is 0 Å². The summed E-state index contributed by atoms with van der Waals surface area (Å²) in [6, 6.07) is -1.70. The summed E-state index contributed by atoms with van der Waals surface area (Å²) in [4.78, 5) is 111. The lowest BCUT2D eigenvalue weighted by Gasteiger charge is -2.33. The van der Waals surface area contributed by atoms with Crippen LogP contribution in [0.15, 0.2) is 24.3 Å². The smallest absolute Gasteiger partial charge is 0.246 e. The number of carbonyl (C=O) groups excluding carboxylic acids is 8. The van der Waals surface area contributed by atoms with Crippen molar-refractivity contribution in [2.45, 2.75) is 137 Å². The summed E-state index contributed by atoms with van der Waals surface area (Å²) in [5, 5.41) is 28.8. The number of rotatable bonds is 8. The zero-order chi connectivity index (χ0) is 43.4. The number of fused-ring (bicyclic) bond motifs is 1. The Morgan fingerprint density at radius 1 is 0.638 bits per heavy atom.